The van der Waals surface area contributed by atoms with Gasteiger partial charge in [-0.2, -0.15) is 0 Å². The van der Waals surface area contributed by atoms with E-state index in [9.17, 15) is 0 Å². The fraction of sp³-hybridized carbons (Fsp3) is 0.312. The van der Waals surface area contributed by atoms with E-state index in [2.05, 4.69) is 26.7 Å². The molecule has 22 heavy (non-hydrogen) atoms. The van der Waals surface area contributed by atoms with Crippen molar-refractivity contribution in [1.29, 1.82) is 0 Å². The Hall–Kier alpha value is -2.21. The number of anilines is 1. The molecule has 1 fully saturated rings. The molecule has 2 heterocycles. The smallest absolute Gasteiger partial charge is 0.169 e. The highest BCUT2D eigenvalue weighted by Crippen LogP contribution is 2.16. The molecule has 1 saturated heterocycles. The van der Waals surface area contributed by atoms with Gasteiger partial charge in [0, 0.05) is 32.7 Å². The number of aromatic nitrogens is 2. The zero-order valence-electron chi connectivity index (χ0n) is 12.4. The molecule has 1 aromatic heterocycles. The Balaban J connectivity index is 1.65. The first-order chi connectivity index (χ1) is 10.8. The fourth-order valence-electron chi connectivity index (χ4n) is 2.51. The van der Waals surface area contributed by atoms with Crippen LogP contribution in [0, 0.1) is 0 Å². The van der Waals surface area contributed by atoms with Gasteiger partial charge in [-0.1, -0.05) is 18.2 Å². The molecule has 114 valence electrons. The standard InChI is InChI=1S/C16H19N5S/c1-2-7-17-16(22)21-10-8-20(9-11-21)15-12-18-13-5-3-4-6-14(13)19-15/h2-6,12H,1,7-11H2,(H,17,22). The monoisotopic (exact) mass is 313 g/mol. The van der Waals surface area contributed by atoms with Crippen LogP contribution in [0.1, 0.15) is 0 Å². The minimum absolute atomic E-state index is 0.704. The van der Waals surface area contributed by atoms with Gasteiger partial charge in [-0.15, -0.1) is 6.58 Å². The highest BCUT2D eigenvalue weighted by molar-refractivity contribution is 7.80. The van der Waals surface area contributed by atoms with E-state index in [-0.39, 0.29) is 0 Å². The van der Waals surface area contributed by atoms with Gasteiger partial charge in [0.05, 0.1) is 17.2 Å². The Labute approximate surface area is 135 Å². The summed E-state index contributed by atoms with van der Waals surface area (Å²) < 4.78 is 0. The lowest BCUT2D eigenvalue weighted by atomic mass is 10.3. The van der Waals surface area contributed by atoms with Crippen molar-refractivity contribution in [2.75, 3.05) is 37.6 Å². The second-order valence-electron chi connectivity index (χ2n) is 5.17. The normalized spacial score (nSPS) is 14.9. The third-order valence-electron chi connectivity index (χ3n) is 3.72. The largest absolute Gasteiger partial charge is 0.359 e. The molecule has 0 radical (unpaired) electrons. The minimum atomic E-state index is 0.704. The van der Waals surface area contributed by atoms with Gasteiger partial charge in [0.2, 0.25) is 0 Å². The van der Waals surface area contributed by atoms with Crippen LogP contribution in [-0.4, -0.2) is 52.7 Å². The average molecular weight is 313 g/mol. The molecule has 2 aromatic rings. The van der Waals surface area contributed by atoms with Gasteiger partial charge in [-0.3, -0.25) is 4.98 Å². The summed E-state index contributed by atoms with van der Waals surface area (Å²) in [7, 11) is 0. The molecule has 1 N–H and O–H groups in total. The Bertz CT molecular complexity index is 679. The molecule has 0 saturated carbocycles. The lowest BCUT2D eigenvalue weighted by Gasteiger charge is -2.36. The van der Waals surface area contributed by atoms with Gasteiger partial charge in [0.15, 0.2) is 5.11 Å². The number of fused-ring (bicyclic) bond motifs is 1. The molecule has 0 bridgehead atoms. The predicted octanol–water partition coefficient (Wildman–Crippen LogP) is 1.81. The average Bonchev–Trinajstić information content (AvgIpc) is 2.59. The van der Waals surface area contributed by atoms with E-state index < -0.39 is 0 Å². The van der Waals surface area contributed by atoms with Gasteiger partial charge in [-0.05, 0) is 24.4 Å². The maximum atomic E-state index is 5.38. The highest BCUT2D eigenvalue weighted by atomic mass is 32.1. The van der Waals surface area contributed by atoms with Gasteiger partial charge in [0.25, 0.3) is 0 Å². The summed E-state index contributed by atoms with van der Waals surface area (Å²) in [5.74, 6) is 0.934. The van der Waals surface area contributed by atoms with Crippen LogP contribution in [0.2, 0.25) is 0 Å². The van der Waals surface area contributed by atoms with Crippen molar-refractivity contribution >= 4 is 34.2 Å². The maximum absolute atomic E-state index is 5.38. The fourth-order valence-corrected chi connectivity index (χ4v) is 2.78. The second kappa shape index (κ2) is 6.70. The van der Waals surface area contributed by atoms with Gasteiger partial charge in [-0.25, -0.2) is 4.98 Å². The van der Waals surface area contributed by atoms with E-state index in [0.717, 1.165) is 48.1 Å². The summed E-state index contributed by atoms with van der Waals surface area (Å²) in [4.78, 5) is 13.6. The predicted molar refractivity (Wildman–Crippen MR) is 94.1 cm³/mol. The summed E-state index contributed by atoms with van der Waals surface area (Å²) >= 11 is 5.38. The Morgan fingerprint density at radius 3 is 2.68 bits per heavy atom. The van der Waals surface area contributed by atoms with Crippen LogP contribution in [0.3, 0.4) is 0 Å². The number of nitrogens with zero attached hydrogens (tertiary/aromatic N) is 4. The van der Waals surface area contributed by atoms with Crippen molar-refractivity contribution in [3.8, 4) is 0 Å². The van der Waals surface area contributed by atoms with Crippen molar-refractivity contribution in [2.45, 2.75) is 0 Å². The number of thiocarbonyl (C=S) groups is 1. The molecular formula is C16H19N5S. The van der Waals surface area contributed by atoms with Gasteiger partial charge >= 0.3 is 0 Å². The summed E-state index contributed by atoms with van der Waals surface area (Å²) in [5.41, 5.74) is 1.87. The van der Waals surface area contributed by atoms with Crippen LogP contribution in [0.15, 0.2) is 43.1 Å². The number of hydrogen-bond acceptors (Lipinski definition) is 4. The Kier molecular flexibility index (Phi) is 4.48. The molecule has 0 spiro atoms. The summed E-state index contributed by atoms with van der Waals surface area (Å²) in [6.07, 6.45) is 3.67. The molecule has 6 heteroatoms. The van der Waals surface area contributed by atoms with Crippen LogP contribution in [0.25, 0.3) is 11.0 Å². The van der Waals surface area contributed by atoms with E-state index >= 15 is 0 Å². The number of hydrogen-bond donors (Lipinski definition) is 1. The maximum Gasteiger partial charge on any atom is 0.169 e. The molecule has 1 aliphatic heterocycles. The van der Waals surface area contributed by atoms with E-state index in [0.29, 0.717) is 6.54 Å². The molecule has 1 aliphatic rings. The summed E-state index contributed by atoms with van der Waals surface area (Å²) in [6.45, 7) is 7.95. The van der Waals surface area contributed by atoms with Crippen LogP contribution in [0.5, 0.6) is 0 Å². The zero-order chi connectivity index (χ0) is 15.4. The Morgan fingerprint density at radius 2 is 1.95 bits per heavy atom. The van der Waals surface area contributed by atoms with E-state index in [4.69, 9.17) is 17.2 Å². The van der Waals surface area contributed by atoms with Gasteiger partial charge in [0.1, 0.15) is 5.82 Å². The third-order valence-corrected chi connectivity index (χ3v) is 4.13. The molecule has 0 amide bonds. The lowest BCUT2D eigenvalue weighted by Crippen LogP contribution is -2.52. The number of piperazine rings is 1. The number of para-hydroxylation sites is 2. The van der Waals surface area contributed by atoms with E-state index in [1.807, 2.05) is 36.5 Å². The molecule has 0 aliphatic carbocycles. The summed E-state index contributed by atoms with van der Waals surface area (Å²) in [6, 6.07) is 7.94. The topological polar surface area (TPSA) is 44.3 Å². The van der Waals surface area contributed by atoms with Crippen molar-refractivity contribution in [2.24, 2.45) is 0 Å². The van der Waals surface area contributed by atoms with Crippen molar-refractivity contribution in [3.05, 3.63) is 43.1 Å². The quantitative estimate of drug-likeness (QED) is 0.689. The van der Waals surface area contributed by atoms with Crippen LogP contribution < -0.4 is 10.2 Å². The van der Waals surface area contributed by atoms with E-state index in [1.165, 1.54) is 0 Å². The molecule has 5 nitrogen and oxygen atoms in total. The number of rotatable bonds is 3. The first kappa shape index (κ1) is 14.7. The van der Waals surface area contributed by atoms with E-state index in [1.54, 1.807) is 0 Å². The van der Waals surface area contributed by atoms with Crippen molar-refractivity contribution in [1.82, 2.24) is 20.2 Å². The Morgan fingerprint density at radius 1 is 1.23 bits per heavy atom. The first-order valence-corrected chi connectivity index (χ1v) is 7.79. The van der Waals surface area contributed by atoms with Gasteiger partial charge < -0.3 is 15.1 Å². The molecular weight excluding hydrogens is 294 g/mol. The molecule has 0 unspecified atom stereocenters. The zero-order valence-corrected chi connectivity index (χ0v) is 13.2. The van der Waals surface area contributed by atoms with Crippen LogP contribution >= 0.6 is 12.2 Å². The molecule has 0 atom stereocenters. The number of nitrogens with one attached hydrogen (secondary N) is 1. The van der Waals surface area contributed by atoms with Crippen LogP contribution in [0.4, 0.5) is 5.82 Å². The molecule has 1 aromatic carbocycles. The van der Waals surface area contributed by atoms with Crippen molar-refractivity contribution < 1.29 is 0 Å². The molecule has 3 rings (SSSR count). The van der Waals surface area contributed by atoms with Crippen molar-refractivity contribution in [3.63, 3.8) is 0 Å². The number of benzene rings is 1. The second-order valence-corrected chi connectivity index (χ2v) is 5.55. The highest BCUT2D eigenvalue weighted by Gasteiger charge is 2.19. The minimum Gasteiger partial charge on any atom is -0.359 e. The first-order valence-electron chi connectivity index (χ1n) is 7.38. The SMILES string of the molecule is C=CCNC(=S)N1CCN(c2cnc3ccccc3n2)CC1. The third kappa shape index (κ3) is 3.17. The lowest BCUT2D eigenvalue weighted by molar-refractivity contribution is 0.380. The summed E-state index contributed by atoms with van der Waals surface area (Å²) in [5, 5.41) is 3.97. The van der Waals surface area contributed by atoms with Crippen LogP contribution in [-0.2, 0) is 0 Å².